The molecular weight excluding hydrogens is 244 g/mol. The maximum Gasteiger partial charge on any atom is 0.407 e. The summed E-state index contributed by atoms with van der Waals surface area (Å²) in [6.07, 6.45) is 1.88. The van der Waals surface area contributed by atoms with Crippen molar-refractivity contribution in [1.29, 1.82) is 0 Å². The fraction of sp³-hybridized carbons (Fsp3) is 0.364. The summed E-state index contributed by atoms with van der Waals surface area (Å²) in [5.41, 5.74) is 1.11. The van der Waals surface area contributed by atoms with Gasteiger partial charge in [-0.3, -0.25) is 4.79 Å². The first-order valence-electron chi connectivity index (χ1n) is 5.15. The normalized spacial score (nSPS) is 18.5. The van der Waals surface area contributed by atoms with Crippen molar-refractivity contribution in [2.45, 2.75) is 18.9 Å². The van der Waals surface area contributed by atoms with Gasteiger partial charge in [-0.15, -0.1) is 0 Å². The molecule has 17 heavy (non-hydrogen) atoms. The van der Waals surface area contributed by atoms with Gasteiger partial charge in [-0.25, -0.2) is 9.78 Å². The highest BCUT2D eigenvalue weighted by atomic mass is 35.5. The second-order valence-corrected chi connectivity index (χ2v) is 4.07. The molecule has 0 radical (unpaired) electrons. The third-order valence-corrected chi connectivity index (χ3v) is 3.02. The van der Waals surface area contributed by atoms with Gasteiger partial charge < -0.3 is 10.1 Å². The van der Waals surface area contributed by atoms with Gasteiger partial charge in [-0.2, -0.15) is 0 Å². The molecule has 1 aromatic rings. The summed E-state index contributed by atoms with van der Waals surface area (Å²) in [4.78, 5) is 26.8. The molecule has 0 fully saturated rings. The second kappa shape index (κ2) is 4.71. The number of carbonyl (C=O) groups is 2. The van der Waals surface area contributed by atoms with Crippen LogP contribution in [-0.4, -0.2) is 24.0 Å². The van der Waals surface area contributed by atoms with Crippen LogP contribution in [0.25, 0.3) is 0 Å². The van der Waals surface area contributed by atoms with Crippen LogP contribution in [0.2, 0.25) is 5.15 Å². The van der Waals surface area contributed by atoms with Gasteiger partial charge in [0.1, 0.15) is 5.15 Å². The second-order valence-electron chi connectivity index (χ2n) is 3.72. The lowest BCUT2D eigenvalue weighted by Crippen LogP contribution is -2.32. The number of rotatable bonds is 1. The molecule has 0 saturated carbocycles. The van der Waals surface area contributed by atoms with Crippen molar-refractivity contribution >= 4 is 23.5 Å². The van der Waals surface area contributed by atoms with Crippen molar-refractivity contribution in [1.82, 2.24) is 10.3 Å². The van der Waals surface area contributed by atoms with Crippen LogP contribution in [0.3, 0.4) is 0 Å². The Hall–Kier alpha value is -1.62. The van der Waals surface area contributed by atoms with E-state index >= 15 is 0 Å². The molecule has 6 heteroatoms. The lowest BCUT2D eigenvalue weighted by atomic mass is 9.88. The monoisotopic (exact) mass is 254 g/mol. The Morgan fingerprint density at radius 1 is 1.65 bits per heavy atom. The molecule has 90 valence electrons. The molecular formula is C11H11ClN2O3. The molecule has 0 spiro atoms. The summed E-state index contributed by atoms with van der Waals surface area (Å²) in [6, 6.07) is 1.44. The number of aromatic nitrogens is 1. The zero-order chi connectivity index (χ0) is 12.4. The number of hydrogen-bond donors (Lipinski definition) is 1. The topological polar surface area (TPSA) is 68.3 Å². The highest BCUT2D eigenvalue weighted by molar-refractivity contribution is 6.33. The zero-order valence-electron chi connectivity index (χ0n) is 9.20. The van der Waals surface area contributed by atoms with E-state index in [4.69, 9.17) is 11.6 Å². The van der Waals surface area contributed by atoms with Gasteiger partial charge in [-0.05, 0) is 18.1 Å². The highest BCUT2D eigenvalue weighted by Gasteiger charge is 2.29. The Labute approximate surface area is 103 Å². The number of halogens is 1. The standard InChI is InChI=1S/C11H11ClN2O3/c1-17-11(16)14-7-2-3-8(15)9-6(7)4-5-13-10(9)12/h4-5,7H,2-3H2,1H3,(H,14,16). The number of nitrogens with one attached hydrogen (secondary N) is 1. The van der Waals surface area contributed by atoms with E-state index in [0.29, 0.717) is 24.0 Å². The molecule has 1 atom stereocenters. The number of ketones is 1. The van der Waals surface area contributed by atoms with Crippen LogP contribution in [0.5, 0.6) is 0 Å². The molecule has 1 aromatic heterocycles. The van der Waals surface area contributed by atoms with E-state index in [1.807, 2.05) is 0 Å². The predicted octanol–water partition coefficient (Wildman–Crippen LogP) is 2.11. The number of hydrogen-bond acceptors (Lipinski definition) is 4. The van der Waals surface area contributed by atoms with Crippen molar-refractivity contribution in [3.63, 3.8) is 0 Å². The van der Waals surface area contributed by atoms with Crippen molar-refractivity contribution in [2.75, 3.05) is 7.11 Å². The molecule has 0 aliphatic heterocycles. The van der Waals surface area contributed by atoms with Gasteiger partial charge >= 0.3 is 6.09 Å². The number of ether oxygens (including phenoxy) is 1. The molecule has 0 bridgehead atoms. The largest absolute Gasteiger partial charge is 0.453 e. The van der Waals surface area contributed by atoms with E-state index in [9.17, 15) is 9.59 Å². The minimum atomic E-state index is -0.525. The number of alkyl carbamates (subject to hydrolysis) is 1. The van der Waals surface area contributed by atoms with Crippen LogP contribution in [0.4, 0.5) is 4.79 Å². The minimum Gasteiger partial charge on any atom is -0.453 e. The molecule has 1 aliphatic rings. The molecule has 1 amide bonds. The molecule has 1 N–H and O–H groups in total. The van der Waals surface area contributed by atoms with E-state index in [1.165, 1.54) is 13.3 Å². The van der Waals surface area contributed by atoms with E-state index in [1.54, 1.807) is 6.07 Å². The van der Waals surface area contributed by atoms with E-state index < -0.39 is 6.09 Å². The number of fused-ring (bicyclic) bond motifs is 1. The van der Waals surface area contributed by atoms with E-state index in [2.05, 4.69) is 15.0 Å². The summed E-state index contributed by atoms with van der Waals surface area (Å²) in [6.45, 7) is 0. The fourth-order valence-corrected chi connectivity index (χ4v) is 2.19. The third kappa shape index (κ3) is 2.24. The first-order valence-corrected chi connectivity index (χ1v) is 5.53. The van der Waals surface area contributed by atoms with Crippen LogP contribution in [0, 0.1) is 0 Å². The Morgan fingerprint density at radius 2 is 2.41 bits per heavy atom. The molecule has 0 aromatic carbocycles. The van der Waals surface area contributed by atoms with Crippen LogP contribution in [-0.2, 0) is 4.74 Å². The van der Waals surface area contributed by atoms with Crippen molar-refractivity contribution in [3.8, 4) is 0 Å². The SMILES string of the molecule is COC(=O)NC1CCC(=O)c2c1ccnc2Cl. The number of amides is 1. The Kier molecular flexibility index (Phi) is 3.28. The predicted molar refractivity (Wildman–Crippen MR) is 61.1 cm³/mol. The molecule has 1 unspecified atom stereocenters. The average molecular weight is 255 g/mol. The van der Waals surface area contributed by atoms with Crippen molar-refractivity contribution in [3.05, 3.63) is 28.5 Å². The highest BCUT2D eigenvalue weighted by Crippen LogP contribution is 2.32. The van der Waals surface area contributed by atoms with Gasteiger partial charge in [0.2, 0.25) is 0 Å². The molecule has 2 rings (SSSR count). The number of carbonyl (C=O) groups excluding carboxylic acids is 2. The number of Topliss-reactive ketones (excluding diaryl/α,β-unsaturated/α-hetero) is 1. The van der Waals surface area contributed by atoms with Gasteiger partial charge in [0, 0.05) is 12.6 Å². The van der Waals surface area contributed by atoms with E-state index in [0.717, 1.165) is 0 Å². The summed E-state index contributed by atoms with van der Waals surface area (Å²) >= 11 is 5.90. The van der Waals surface area contributed by atoms with Crippen LogP contribution < -0.4 is 5.32 Å². The Bertz CT molecular complexity index is 476. The number of pyridine rings is 1. The smallest absolute Gasteiger partial charge is 0.407 e. The summed E-state index contributed by atoms with van der Waals surface area (Å²) in [7, 11) is 1.30. The lowest BCUT2D eigenvalue weighted by molar-refractivity contribution is 0.0960. The quantitative estimate of drug-likeness (QED) is 0.780. The molecule has 1 heterocycles. The molecule has 1 aliphatic carbocycles. The first kappa shape index (κ1) is 11.9. The van der Waals surface area contributed by atoms with Crippen LogP contribution in [0.15, 0.2) is 12.3 Å². The average Bonchev–Trinajstić information content (AvgIpc) is 2.32. The minimum absolute atomic E-state index is 0.0407. The van der Waals surface area contributed by atoms with Crippen LogP contribution >= 0.6 is 11.6 Å². The Balaban J connectivity index is 2.36. The van der Waals surface area contributed by atoms with Crippen molar-refractivity contribution in [2.24, 2.45) is 0 Å². The summed E-state index contributed by atoms with van der Waals surface area (Å²) < 4.78 is 4.54. The molecule has 5 nitrogen and oxygen atoms in total. The molecule has 0 saturated heterocycles. The Morgan fingerprint density at radius 3 is 3.12 bits per heavy atom. The van der Waals surface area contributed by atoms with Crippen LogP contribution in [0.1, 0.15) is 34.8 Å². The van der Waals surface area contributed by atoms with Gasteiger partial charge in [0.05, 0.1) is 18.7 Å². The summed E-state index contributed by atoms with van der Waals surface area (Å²) in [5, 5.41) is 2.86. The third-order valence-electron chi connectivity index (χ3n) is 2.73. The summed E-state index contributed by atoms with van der Waals surface area (Å²) in [5.74, 6) is -0.0407. The number of methoxy groups -OCH3 is 1. The fourth-order valence-electron chi connectivity index (χ4n) is 1.92. The maximum absolute atomic E-state index is 11.7. The number of nitrogens with zero attached hydrogens (tertiary/aromatic N) is 1. The first-order chi connectivity index (χ1) is 8.13. The van der Waals surface area contributed by atoms with Gasteiger partial charge in [0.25, 0.3) is 0 Å². The van der Waals surface area contributed by atoms with Crippen molar-refractivity contribution < 1.29 is 14.3 Å². The lowest BCUT2D eigenvalue weighted by Gasteiger charge is -2.25. The van der Waals surface area contributed by atoms with E-state index in [-0.39, 0.29) is 17.0 Å². The maximum atomic E-state index is 11.7. The van der Waals surface area contributed by atoms with Gasteiger partial charge in [0.15, 0.2) is 5.78 Å². The van der Waals surface area contributed by atoms with Gasteiger partial charge in [-0.1, -0.05) is 11.6 Å². The zero-order valence-corrected chi connectivity index (χ0v) is 9.95.